The smallest absolute Gasteiger partial charge is 0.220 e. The van der Waals surface area contributed by atoms with E-state index >= 15 is 0 Å². The van der Waals surface area contributed by atoms with Crippen LogP contribution in [-0.4, -0.2) is 34.8 Å². The fourth-order valence-corrected chi connectivity index (χ4v) is 4.21. The normalized spacial score (nSPS) is 13.5. The number of hydrogen-bond donors (Lipinski definition) is 3. The highest BCUT2D eigenvalue weighted by atomic mass is 16.3. The number of aliphatic hydroxyl groups is 1. The zero-order chi connectivity index (χ0) is 23.2. The van der Waals surface area contributed by atoms with E-state index in [1.807, 2.05) is 75.9 Å². The average Bonchev–Trinajstić information content (AvgIpc) is 3.44. The molecule has 1 aromatic carbocycles. The minimum absolute atomic E-state index is 0.100. The van der Waals surface area contributed by atoms with Crippen molar-refractivity contribution >= 4 is 17.0 Å². The molecule has 0 radical (unpaired) electrons. The zero-order valence-corrected chi connectivity index (χ0v) is 18.7. The van der Waals surface area contributed by atoms with Crippen molar-refractivity contribution in [1.29, 1.82) is 0 Å². The molecule has 4 N–H and O–H groups in total. The summed E-state index contributed by atoms with van der Waals surface area (Å²) in [5, 5.41) is 17.0. The summed E-state index contributed by atoms with van der Waals surface area (Å²) in [6.45, 7) is 3.92. The highest BCUT2D eigenvalue weighted by Gasteiger charge is 2.37. The number of nitrogens with one attached hydrogen (secondary N) is 1. The molecule has 8 heteroatoms. The number of aryl methyl sites for hydroxylation is 1. The molecule has 166 valence electrons. The number of rotatable bonds is 5. The van der Waals surface area contributed by atoms with Gasteiger partial charge < -0.3 is 15.8 Å². The lowest BCUT2D eigenvalue weighted by molar-refractivity contribution is 0.0276. The quantitative estimate of drug-likeness (QED) is 0.382. The van der Waals surface area contributed by atoms with Crippen LogP contribution in [0.1, 0.15) is 25.1 Å². The number of benzene rings is 1. The van der Waals surface area contributed by atoms with Gasteiger partial charge in [-0.3, -0.25) is 4.68 Å². The first kappa shape index (κ1) is 20.8. The van der Waals surface area contributed by atoms with Crippen molar-refractivity contribution in [3.05, 3.63) is 78.5 Å². The molecule has 4 aromatic heterocycles. The van der Waals surface area contributed by atoms with Gasteiger partial charge in [0.15, 0.2) is 0 Å². The van der Waals surface area contributed by atoms with Crippen molar-refractivity contribution < 1.29 is 5.11 Å². The highest BCUT2D eigenvalue weighted by molar-refractivity contribution is 5.95. The van der Waals surface area contributed by atoms with Crippen LogP contribution in [0.3, 0.4) is 0 Å². The fourth-order valence-electron chi connectivity index (χ4n) is 4.21. The van der Waals surface area contributed by atoms with Gasteiger partial charge in [0.05, 0.1) is 17.6 Å². The van der Waals surface area contributed by atoms with Crippen molar-refractivity contribution in [3.8, 4) is 22.4 Å². The Hall–Kier alpha value is -4.04. The topological polar surface area (TPSA) is 119 Å². The second-order valence-electron chi connectivity index (χ2n) is 8.51. The van der Waals surface area contributed by atoms with Crippen LogP contribution >= 0.6 is 0 Å². The Labute approximate surface area is 191 Å². The highest BCUT2D eigenvalue weighted by Crippen LogP contribution is 2.38. The maximum absolute atomic E-state index is 11.8. The molecule has 5 aromatic rings. The van der Waals surface area contributed by atoms with Crippen LogP contribution in [0.25, 0.3) is 33.4 Å². The van der Waals surface area contributed by atoms with Gasteiger partial charge in [0, 0.05) is 47.7 Å². The summed E-state index contributed by atoms with van der Waals surface area (Å²) in [5.74, 6) is -0.0490. The van der Waals surface area contributed by atoms with Gasteiger partial charge in [0.1, 0.15) is 11.2 Å². The van der Waals surface area contributed by atoms with E-state index in [-0.39, 0.29) is 11.9 Å². The SMILES string of the molecule is CC(C)C(O)(c1ccccc1)c1cc(-c2c[nH]c3ncc(-c4cnn(C)c4)cc23)nc(N)n1. The summed E-state index contributed by atoms with van der Waals surface area (Å²) in [5.41, 5.74) is 10.1. The Morgan fingerprint density at radius 3 is 2.55 bits per heavy atom. The molecule has 0 aliphatic rings. The van der Waals surface area contributed by atoms with E-state index in [4.69, 9.17) is 5.73 Å². The number of fused-ring (bicyclic) bond motifs is 1. The predicted molar refractivity (Wildman–Crippen MR) is 128 cm³/mol. The number of aromatic amines is 1. The fraction of sp³-hybridized carbons (Fsp3) is 0.200. The molecule has 0 amide bonds. The molecule has 1 atom stereocenters. The molecule has 0 spiro atoms. The van der Waals surface area contributed by atoms with Crippen molar-refractivity contribution in [1.82, 2.24) is 29.7 Å². The Morgan fingerprint density at radius 1 is 1.06 bits per heavy atom. The first-order valence-corrected chi connectivity index (χ1v) is 10.8. The van der Waals surface area contributed by atoms with Crippen LogP contribution in [0, 0.1) is 5.92 Å². The third-order valence-electron chi connectivity index (χ3n) is 6.03. The Kier molecular flexibility index (Phi) is 4.94. The van der Waals surface area contributed by atoms with Crippen LogP contribution in [-0.2, 0) is 12.6 Å². The predicted octanol–water partition coefficient (Wildman–Crippen LogP) is 3.89. The van der Waals surface area contributed by atoms with Gasteiger partial charge in [-0.15, -0.1) is 0 Å². The number of nitrogen functional groups attached to an aromatic ring is 1. The standard InChI is InChI=1S/C25H25N7O/c1-15(2)25(33,18-7-5-4-6-8-18)22-10-21(30-24(26)31-22)20-13-28-23-19(20)9-16(11-27-23)17-12-29-32(3)14-17/h4-15,33H,1-3H3,(H,27,28)(H2,26,30,31). The maximum Gasteiger partial charge on any atom is 0.220 e. The molecule has 0 fully saturated rings. The number of H-pyrrole nitrogens is 1. The van der Waals surface area contributed by atoms with E-state index in [1.165, 1.54) is 0 Å². The lowest BCUT2D eigenvalue weighted by atomic mass is 9.80. The molecule has 0 saturated carbocycles. The molecular weight excluding hydrogens is 414 g/mol. The minimum atomic E-state index is -1.32. The Morgan fingerprint density at radius 2 is 1.85 bits per heavy atom. The van der Waals surface area contributed by atoms with E-state index < -0.39 is 5.60 Å². The molecule has 0 aliphatic heterocycles. The molecule has 4 heterocycles. The second-order valence-corrected chi connectivity index (χ2v) is 8.51. The van der Waals surface area contributed by atoms with Gasteiger partial charge in [0.2, 0.25) is 5.95 Å². The van der Waals surface area contributed by atoms with Gasteiger partial charge in [0.25, 0.3) is 0 Å². The van der Waals surface area contributed by atoms with Crippen LogP contribution < -0.4 is 5.73 Å². The lowest BCUT2D eigenvalue weighted by Gasteiger charge is -2.32. The third-order valence-corrected chi connectivity index (χ3v) is 6.03. The molecule has 0 saturated heterocycles. The second kappa shape index (κ2) is 7.83. The first-order valence-electron chi connectivity index (χ1n) is 10.8. The number of pyridine rings is 1. The summed E-state index contributed by atoms with van der Waals surface area (Å²) in [4.78, 5) is 16.7. The van der Waals surface area contributed by atoms with Crippen molar-refractivity contribution in [2.45, 2.75) is 19.4 Å². The van der Waals surface area contributed by atoms with E-state index in [0.717, 1.165) is 33.3 Å². The Balaban J connectivity index is 1.67. The van der Waals surface area contributed by atoms with Crippen LogP contribution in [0.5, 0.6) is 0 Å². The number of nitrogens with two attached hydrogens (primary N) is 1. The first-order chi connectivity index (χ1) is 15.9. The van der Waals surface area contributed by atoms with Gasteiger partial charge >= 0.3 is 0 Å². The van der Waals surface area contributed by atoms with E-state index in [0.29, 0.717) is 11.4 Å². The summed E-state index contributed by atoms with van der Waals surface area (Å²) in [6.07, 6.45) is 7.41. The molecule has 5 rings (SSSR count). The number of hydrogen-bond acceptors (Lipinski definition) is 6. The van der Waals surface area contributed by atoms with E-state index in [2.05, 4.69) is 31.1 Å². The average molecular weight is 440 g/mol. The van der Waals surface area contributed by atoms with E-state index in [1.54, 1.807) is 10.9 Å². The molecule has 1 unspecified atom stereocenters. The van der Waals surface area contributed by atoms with Crippen LogP contribution in [0.15, 0.2) is 67.3 Å². The number of anilines is 1. The van der Waals surface area contributed by atoms with Crippen molar-refractivity contribution in [3.63, 3.8) is 0 Å². The van der Waals surface area contributed by atoms with Crippen molar-refractivity contribution in [2.75, 3.05) is 5.73 Å². The van der Waals surface area contributed by atoms with Crippen molar-refractivity contribution in [2.24, 2.45) is 13.0 Å². The molecule has 0 bridgehead atoms. The summed E-state index contributed by atoms with van der Waals surface area (Å²) in [7, 11) is 1.88. The summed E-state index contributed by atoms with van der Waals surface area (Å²) in [6, 6.07) is 13.4. The lowest BCUT2D eigenvalue weighted by Crippen LogP contribution is -2.34. The summed E-state index contributed by atoms with van der Waals surface area (Å²) >= 11 is 0. The van der Waals surface area contributed by atoms with Gasteiger partial charge in [-0.25, -0.2) is 15.0 Å². The molecule has 8 nitrogen and oxygen atoms in total. The zero-order valence-electron chi connectivity index (χ0n) is 18.7. The summed E-state index contributed by atoms with van der Waals surface area (Å²) < 4.78 is 1.76. The third kappa shape index (κ3) is 3.54. The molecule has 0 aliphatic carbocycles. The Bertz CT molecular complexity index is 1440. The largest absolute Gasteiger partial charge is 0.378 e. The minimum Gasteiger partial charge on any atom is -0.378 e. The molecule has 33 heavy (non-hydrogen) atoms. The van der Waals surface area contributed by atoms with E-state index in [9.17, 15) is 5.11 Å². The monoisotopic (exact) mass is 439 g/mol. The maximum atomic E-state index is 11.8. The van der Waals surface area contributed by atoms with Crippen LogP contribution in [0.4, 0.5) is 5.95 Å². The van der Waals surface area contributed by atoms with Gasteiger partial charge in [-0.2, -0.15) is 5.10 Å². The van der Waals surface area contributed by atoms with Gasteiger partial charge in [-0.05, 0) is 23.6 Å². The van der Waals surface area contributed by atoms with Crippen LogP contribution in [0.2, 0.25) is 0 Å². The number of nitrogens with zero attached hydrogens (tertiary/aromatic N) is 5. The molecular formula is C25H25N7O. The van der Waals surface area contributed by atoms with Gasteiger partial charge in [-0.1, -0.05) is 44.2 Å². The number of aromatic nitrogens is 6.